The average molecular weight is 398 g/mol. The summed E-state index contributed by atoms with van der Waals surface area (Å²) >= 11 is 0. The molecule has 0 saturated carbocycles. The number of rotatable bonds is 3. The number of nitrogens with zero attached hydrogens (tertiary/aromatic N) is 2. The molecule has 1 saturated heterocycles. The molecule has 2 aliphatic heterocycles. The fraction of sp³-hybridized carbons (Fsp3) is 0.250. The van der Waals surface area contributed by atoms with Gasteiger partial charge in [-0.05, 0) is 30.2 Å². The second kappa shape index (κ2) is 6.69. The number of amides is 2. The van der Waals surface area contributed by atoms with Crippen molar-refractivity contribution < 1.29 is 34.8 Å². The number of piperidine rings is 1. The normalized spacial score (nSPS) is 20.3. The van der Waals surface area contributed by atoms with Gasteiger partial charge in [0, 0.05) is 23.7 Å². The number of benzene rings is 2. The molecule has 0 bridgehead atoms. The molecule has 2 aliphatic rings. The number of fused-ring (bicyclic) bond motifs is 3. The van der Waals surface area contributed by atoms with Gasteiger partial charge in [0.15, 0.2) is 17.2 Å². The van der Waals surface area contributed by atoms with Gasteiger partial charge >= 0.3 is 5.97 Å². The quantitative estimate of drug-likeness (QED) is 0.447. The molecule has 2 aromatic rings. The number of hydrogen-bond acceptors (Lipinski definition) is 7. The van der Waals surface area contributed by atoms with E-state index in [2.05, 4.69) is 0 Å². The molecule has 2 aromatic carbocycles. The first kappa shape index (κ1) is 18.6. The standard InChI is InChI=1S/C20H18N2O7/c23-14-7-10(8-15(24)18(14)27)19(28)21-6-5-12-11-3-1-2-4-13(11)22(9-16(25)26)17(12)20(21)29/h1-4,7-8,12,17,23-24,27H,5-6,9H2,(H,25,26). The van der Waals surface area contributed by atoms with Crippen LogP contribution in [0.25, 0.3) is 0 Å². The molecule has 0 aliphatic carbocycles. The topological polar surface area (TPSA) is 139 Å². The third-order valence-electron chi connectivity index (χ3n) is 5.41. The fourth-order valence-electron chi connectivity index (χ4n) is 4.17. The van der Waals surface area contributed by atoms with E-state index in [9.17, 15) is 34.8 Å². The van der Waals surface area contributed by atoms with Gasteiger partial charge in [0.25, 0.3) is 11.8 Å². The highest BCUT2D eigenvalue weighted by molar-refractivity contribution is 6.09. The van der Waals surface area contributed by atoms with Gasteiger partial charge in [-0.15, -0.1) is 0 Å². The van der Waals surface area contributed by atoms with Crippen LogP contribution in [0.1, 0.15) is 28.3 Å². The van der Waals surface area contributed by atoms with Gasteiger partial charge < -0.3 is 25.3 Å². The van der Waals surface area contributed by atoms with E-state index in [1.807, 2.05) is 12.1 Å². The molecule has 2 atom stereocenters. The number of carbonyl (C=O) groups is 3. The first-order valence-electron chi connectivity index (χ1n) is 8.97. The van der Waals surface area contributed by atoms with E-state index < -0.39 is 41.1 Å². The molecule has 9 heteroatoms. The van der Waals surface area contributed by atoms with Gasteiger partial charge in [0.2, 0.25) is 0 Å². The maximum atomic E-state index is 13.2. The zero-order valence-electron chi connectivity index (χ0n) is 15.1. The van der Waals surface area contributed by atoms with E-state index >= 15 is 0 Å². The Bertz CT molecular complexity index is 1010. The zero-order valence-corrected chi connectivity index (χ0v) is 15.1. The predicted molar refractivity (Wildman–Crippen MR) is 100 cm³/mol. The molecular formula is C20H18N2O7. The summed E-state index contributed by atoms with van der Waals surface area (Å²) in [6.45, 7) is -0.275. The van der Waals surface area contributed by atoms with Crippen LogP contribution in [0, 0.1) is 0 Å². The average Bonchev–Trinajstić information content (AvgIpc) is 3.00. The first-order chi connectivity index (χ1) is 13.8. The number of phenols is 3. The largest absolute Gasteiger partial charge is 0.504 e. The van der Waals surface area contributed by atoms with Crippen molar-refractivity contribution in [3.8, 4) is 17.2 Å². The molecular weight excluding hydrogens is 380 g/mol. The van der Waals surface area contributed by atoms with Crippen LogP contribution in [0.3, 0.4) is 0 Å². The summed E-state index contributed by atoms with van der Waals surface area (Å²) in [7, 11) is 0. The van der Waals surface area contributed by atoms with Crippen LogP contribution in [-0.4, -0.2) is 62.2 Å². The summed E-state index contributed by atoms with van der Waals surface area (Å²) in [6.07, 6.45) is 0.450. The number of hydrogen-bond donors (Lipinski definition) is 4. The minimum atomic E-state index is -1.09. The number of aromatic hydroxyl groups is 3. The smallest absolute Gasteiger partial charge is 0.323 e. The van der Waals surface area contributed by atoms with Crippen LogP contribution in [-0.2, 0) is 9.59 Å². The number of imide groups is 1. The third-order valence-corrected chi connectivity index (χ3v) is 5.41. The highest BCUT2D eigenvalue weighted by Crippen LogP contribution is 2.45. The lowest BCUT2D eigenvalue weighted by atomic mass is 9.87. The Balaban J connectivity index is 1.68. The van der Waals surface area contributed by atoms with Gasteiger partial charge in [0.05, 0.1) is 0 Å². The Morgan fingerprint density at radius 3 is 2.38 bits per heavy atom. The van der Waals surface area contributed by atoms with Crippen LogP contribution >= 0.6 is 0 Å². The lowest BCUT2D eigenvalue weighted by Crippen LogP contribution is -2.55. The number of anilines is 1. The summed E-state index contributed by atoms with van der Waals surface area (Å²) in [4.78, 5) is 40.0. The van der Waals surface area contributed by atoms with E-state index in [1.54, 1.807) is 12.1 Å². The van der Waals surface area contributed by atoms with Crippen LogP contribution < -0.4 is 4.90 Å². The summed E-state index contributed by atoms with van der Waals surface area (Å²) < 4.78 is 0. The zero-order chi connectivity index (χ0) is 20.9. The highest BCUT2D eigenvalue weighted by atomic mass is 16.4. The molecule has 1 fully saturated rings. The van der Waals surface area contributed by atoms with Gasteiger partial charge in [-0.25, -0.2) is 0 Å². The SMILES string of the molecule is O=C(O)CN1c2ccccc2C2CCN(C(=O)c3cc(O)c(O)c(O)c3)C(=O)C21. The Kier molecular flexibility index (Phi) is 4.30. The van der Waals surface area contributed by atoms with Crippen molar-refractivity contribution in [1.82, 2.24) is 4.90 Å². The van der Waals surface area contributed by atoms with Crippen LogP contribution in [0.4, 0.5) is 5.69 Å². The minimum absolute atomic E-state index is 0.108. The lowest BCUT2D eigenvalue weighted by molar-refractivity contribution is -0.136. The molecule has 2 amide bonds. The first-order valence-corrected chi connectivity index (χ1v) is 8.97. The summed E-state index contributed by atoms with van der Waals surface area (Å²) in [5, 5.41) is 38.1. The maximum absolute atomic E-state index is 13.2. The number of aliphatic carboxylic acids is 1. The number of para-hydroxylation sites is 1. The molecule has 29 heavy (non-hydrogen) atoms. The van der Waals surface area contributed by atoms with Crippen LogP contribution in [0.15, 0.2) is 36.4 Å². The number of carboxylic acid groups (broad SMARTS) is 1. The molecule has 0 aromatic heterocycles. The predicted octanol–water partition coefficient (Wildman–Crippen LogP) is 1.23. The third kappa shape index (κ3) is 2.91. The summed E-state index contributed by atoms with van der Waals surface area (Å²) in [5.41, 5.74) is 1.37. The molecule has 150 valence electrons. The van der Waals surface area contributed by atoms with Crippen molar-refractivity contribution >= 4 is 23.5 Å². The Morgan fingerprint density at radius 2 is 1.72 bits per heavy atom. The second-order valence-corrected chi connectivity index (χ2v) is 7.08. The van der Waals surface area contributed by atoms with Gasteiger partial charge in [-0.3, -0.25) is 19.3 Å². The van der Waals surface area contributed by atoms with E-state index in [0.717, 1.165) is 22.6 Å². The molecule has 4 N–H and O–H groups in total. The van der Waals surface area contributed by atoms with Crippen LogP contribution in [0.5, 0.6) is 17.2 Å². The Labute approximate surface area is 165 Å². The highest BCUT2D eigenvalue weighted by Gasteiger charge is 2.49. The molecule has 2 heterocycles. The Morgan fingerprint density at radius 1 is 1.07 bits per heavy atom. The molecule has 0 spiro atoms. The van der Waals surface area contributed by atoms with Crippen molar-refractivity contribution in [2.75, 3.05) is 18.0 Å². The van der Waals surface area contributed by atoms with Crippen LogP contribution in [0.2, 0.25) is 0 Å². The maximum Gasteiger partial charge on any atom is 0.323 e. The Hall–Kier alpha value is -3.75. The fourth-order valence-corrected chi connectivity index (χ4v) is 4.17. The summed E-state index contributed by atoms with van der Waals surface area (Å²) in [6, 6.07) is 8.30. The van der Waals surface area contributed by atoms with Gasteiger partial charge in [-0.2, -0.15) is 0 Å². The lowest BCUT2D eigenvalue weighted by Gasteiger charge is -2.37. The second-order valence-electron chi connectivity index (χ2n) is 7.08. The monoisotopic (exact) mass is 398 g/mol. The minimum Gasteiger partial charge on any atom is -0.504 e. The number of likely N-dealkylation sites (tertiary alicyclic amines) is 1. The van der Waals surface area contributed by atoms with E-state index in [-0.39, 0.29) is 24.6 Å². The number of carboxylic acids is 1. The molecule has 4 rings (SSSR count). The van der Waals surface area contributed by atoms with Crippen molar-refractivity contribution in [2.24, 2.45) is 0 Å². The van der Waals surface area contributed by atoms with Crippen molar-refractivity contribution in [1.29, 1.82) is 0 Å². The van der Waals surface area contributed by atoms with Crippen molar-refractivity contribution in [3.05, 3.63) is 47.5 Å². The molecule has 0 radical (unpaired) electrons. The molecule has 9 nitrogen and oxygen atoms in total. The number of phenolic OH excluding ortho intramolecular Hbond substituents is 3. The van der Waals surface area contributed by atoms with Crippen molar-refractivity contribution in [2.45, 2.75) is 18.4 Å². The van der Waals surface area contributed by atoms with E-state index in [1.165, 1.54) is 4.90 Å². The van der Waals surface area contributed by atoms with Gasteiger partial charge in [-0.1, -0.05) is 18.2 Å². The summed E-state index contributed by atoms with van der Waals surface area (Å²) in [5.74, 6) is -4.74. The van der Waals surface area contributed by atoms with E-state index in [0.29, 0.717) is 12.1 Å². The number of carbonyl (C=O) groups excluding carboxylic acids is 2. The van der Waals surface area contributed by atoms with Gasteiger partial charge in [0.1, 0.15) is 12.6 Å². The van der Waals surface area contributed by atoms with E-state index in [4.69, 9.17) is 0 Å². The molecule has 2 unspecified atom stereocenters. The van der Waals surface area contributed by atoms with Crippen molar-refractivity contribution in [3.63, 3.8) is 0 Å².